The molecule has 0 N–H and O–H groups in total. The van der Waals surface area contributed by atoms with E-state index in [0.29, 0.717) is 29.5 Å². The van der Waals surface area contributed by atoms with Crippen molar-refractivity contribution in [1.82, 2.24) is 0 Å². The standard InChI is InChI=1S/C12H12BrF2NO/c1-7-4-9(17)2-3-16(7)12-10(13)5-8(14)6-11(12)15/h5-7H,2-4H2,1H3. The maximum absolute atomic E-state index is 13.8. The van der Waals surface area contributed by atoms with Crippen LogP contribution in [0.2, 0.25) is 0 Å². The van der Waals surface area contributed by atoms with Gasteiger partial charge in [0.05, 0.1) is 5.69 Å². The first-order valence-corrected chi connectivity index (χ1v) is 6.21. The van der Waals surface area contributed by atoms with Gasteiger partial charge in [0, 0.05) is 36.0 Å². The van der Waals surface area contributed by atoms with Gasteiger partial charge in [0.25, 0.3) is 0 Å². The van der Waals surface area contributed by atoms with Gasteiger partial charge in [0.2, 0.25) is 0 Å². The minimum Gasteiger partial charge on any atom is -0.365 e. The first kappa shape index (κ1) is 12.5. The highest BCUT2D eigenvalue weighted by molar-refractivity contribution is 9.10. The first-order valence-electron chi connectivity index (χ1n) is 5.42. The molecule has 0 bridgehead atoms. The van der Waals surface area contributed by atoms with E-state index in [-0.39, 0.29) is 11.8 Å². The van der Waals surface area contributed by atoms with Crippen LogP contribution in [0.15, 0.2) is 16.6 Å². The van der Waals surface area contributed by atoms with Crippen molar-refractivity contribution in [2.24, 2.45) is 0 Å². The summed E-state index contributed by atoms with van der Waals surface area (Å²) in [6.07, 6.45) is 0.816. The largest absolute Gasteiger partial charge is 0.365 e. The summed E-state index contributed by atoms with van der Waals surface area (Å²) in [5, 5.41) is 0. The molecule has 0 radical (unpaired) electrons. The molecule has 1 aliphatic rings. The molecule has 1 unspecified atom stereocenters. The molecule has 0 spiro atoms. The average molecular weight is 304 g/mol. The average Bonchev–Trinajstić information content (AvgIpc) is 2.19. The number of nitrogens with zero attached hydrogens (tertiary/aromatic N) is 1. The minimum absolute atomic E-state index is 0.0625. The smallest absolute Gasteiger partial charge is 0.150 e. The molecule has 17 heavy (non-hydrogen) atoms. The van der Waals surface area contributed by atoms with Crippen LogP contribution in [0.5, 0.6) is 0 Å². The number of anilines is 1. The van der Waals surface area contributed by atoms with E-state index in [0.717, 1.165) is 6.07 Å². The number of carbonyl (C=O) groups excluding carboxylic acids is 1. The molecular weight excluding hydrogens is 292 g/mol. The molecule has 0 amide bonds. The number of benzene rings is 1. The Morgan fingerprint density at radius 1 is 1.41 bits per heavy atom. The fraction of sp³-hybridized carbons (Fsp3) is 0.417. The van der Waals surface area contributed by atoms with Gasteiger partial charge in [-0.15, -0.1) is 0 Å². The number of hydrogen-bond donors (Lipinski definition) is 0. The van der Waals surface area contributed by atoms with E-state index in [1.165, 1.54) is 6.07 Å². The molecule has 1 aromatic rings. The van der Waals surface area contributed by atoms with E-state index in [9.17, 15) is 13.6 Å². The lowest BCUT2D eigenvalue weighted by Crippen LogP contribution is -2.41. The summed E-state index contributed by atoms with van der Waals surface area (Å²) in [4.78, 5) is 13.1. The van der Waals surface area contributed by atoms with Crippen molar-refractivity contribution in [1.29, 1.82) is 0 Å². The molecule has 1 fully saturated rings. The highest BCUT2D eigenvalue weighted by Crippen LogP contribution is 2.33. The maximum Gasteiger partial charge on any atom is 0.150 e. The van der Waals surface area contributed by atoms with Crippen molar-refractivity contribution in [2.45, 2.75) is 25.8 Å². The SMILES string of the molecule is CC1CC(=O)CCN1c1c(F)cc(F)cc1Br. The van der Waals surface area contributed by atoms with E-state index >= 15 is 0 Å². The third-order valence-electron chi connectivity index (χ3n) is 2.96. The Balaban J connectivity index is 2.37. The van der Waals surface area contributed by atoms with E-state index in [2.05, 4.69) is 15.9 Å². The van der Waals surface area contributed by atoms with Crippen LogP contribution in [-0.4, -0.2) is 18.4 Å². The second-order valence-corrected chi connectivity index (χ2v) is 5.11. The van der Waals surface area contributed by atoms with Gasteiger partial charge in [-0.25, -0.2) is 8.78 Å². The van der Waals surface area contributed by atoms with Crippen LogP contribution >= 0.6 is 15.9 Å². The highest BCUT2D eigenvalue weighted by atomic mass is 79.9. The highest BCUT2D eigenvalue weighted by Gasteiger charge is 2.27. The summed E-state index contributed by atoms with van der Waals surface area (Å²) in [6.45, 7) is 2.34. The Morgan fingerprint density at radius 3 is 2.71 bits per heavy atom. The second-order valence-electron chi connectivity index (χ2n) is 4.25. The lowest BCUT2D eigenvalue weighted by Gasteiger charge is -2.35. The third kappa shape index (κ3) is 2.49. The zero-order valence-corrected chi connectivity index (χ0v) is 10.9. The summed E-state index contributed by atoms with van der Waals surface area (Å²) in [5.41, 5.74) is 0.339. The molecule has 2 nitrogen and oxygen atoms in total. The summed E-state index contributed by atoms with van der Waals surface area (Å²) in [7, 11) is 0. The summed E-state index contributed by atoms with van der Waals surface area (Å²) in [6, 6.07) is 2.04. The molecule has 2 rings (SSSR count). The molecule has 92 valence electrons. The van der Waals surface area contributed by atoms with Crippen molar-refractivity contribution in [2.75, 3.05) is 11.4 Å². The van der Waals surface area contributed by atoms with Crippen molar-refractivity contribution >= 4 is 27.4 Å². The van der Waals surface area contributed by atoms with Gasteiger partial charge in [-0.05, 0) is 28.9 Å². The van der Waals surface area contributed by atoms with Crippen LogP contribution in [0.1, 0.15) is 19.8 Å². The predicted molar refractivity (Wildman–Crippen MR) is 65.1 cm³/mol. The van der Waals surface area contributed by atoms with Gasteiger partial charge in [0.1, 0.15) is 11.6 Å². The van der Waals surface area contributed by atoms with Gasteiger partial charge < -0.3 is 4.90 Å². The molecule has 0 saturated carbocycles. The molecule has 1 atom stereocenters. The first-order chi connectivity index (χ1) is 7.99. The Bertz CT molecular complexity index is 441. The summed E-state index contributed by atoms with van der Waals surface area (Å²) < 4.78 is 27.1. The van der Waals surface area contributed by atoms with E-state index in [4.69, 9.17) is 0 Å². The van der Waals surface area contributed by atoms with Gasteiger partial charge >= 0.3 is 0 Å². The van der Waals surface area contributed by atoms with Crippen molar-refractivity contribution < 1.29 is 13.6 Å². The molecule has 0 aliphatic carbocycles. The molecule has 0 aromatic heterocycles. The fourth-order valence-corrected chi connectivity index (χ4v) is 2.78. The monoisotopic (exact) mass is 303 g/mol. The number of Topliss-reactive ketones (excluding diaryl/α,β-unsaturated/α-hetero) is 1. The molecule has 1 aromatic carbocycles. The van der Waals surface area contributed by atoms with Crippen LogP contribution < -0.4 is 4.90 Å². The second kappa shape index (κ2) is 4.72. The van der Waals surface area contributed by atoms with E-state index in [1.54, 1.807) is 4.90 Å². The number of rotatable bonds is 1. The zero-order valence-electron chi connectivity index (χ0n) is 9.34. The van der Waals surface area contributed by atoms with Gasteiger partial charge in [-0.1, -0.05) is 0 Å². The van der Waals surface area contributed by atoms with E-state index in [1.807, 2.05) is 6.92 Å². The zero-order chi connectivity index (χ0) is 12.6. The van der Waals surface area contributed by atoms with Gasteiger partial charge in [-0.3, -0.25) is 4.79 Å². The Kier molecular flexibility index (Phi) is 3.47. The molecule has 5 heteroatoms. The molecule has 1 saturated heterocycles. The molecule has 1 heterocycles. The van der Waals surface area contributed by atoms with Crippen LogP contribution in [0.4, 0.5) is 14.5 Å². The summed E-state index contributed by atoms with van der Waals surface area (Å²) in [5.74, 6) is -1.02. The van der Waals surface area contributed by atoms with Crippen LogP contribution in [-0.2, 0) is 4.79 Å². The minimum atomic E-state index is -0.612. The number of piperidine rings is 1. The van der Waals surface area contributed by atoms with Crippen molar-refractivity contribution in [3.63, 3.8) is 0 Å². The van der Waals surface area contributed by atoms with Crippen LogP contribution in [0.3, 0.4) is 0 Å². The van der Waals surface area contributed by atoms with Gasteiger partial charge in [0.15, 0.2) is 5.82 Å². The number of ketones is 1. The normalized spacial score (nSPS) is 20.8. The lowest BCUT2D eigenvalue weighted by molar-refractivity contribution is -0.120. The Hall–Kier alpha value is -0.970. The van der Waals surface area contributed by atoms with Gasteiger partial charge in [-0.2, -0.15) is 0 Å². The quantitative estimate of drug-likeness (QED) is 0.793. The fourth-order valence-electron chi connectivity index (χ4n) is 2.15. The number of carbonyl (C=O) groups is 1. The Labute approximate surface area is 107 Å². The van der Waals surface area contributed by atoms with Crippen molar-refractivity contribution in [3.05, 3.63) is 28.2 Å². The third-order valence-corrected chi connectivity index (χ3v) is 3.56. The molecule has 1 aliphatic heterocycles. The summed E-state index contributed by atoms with van der Waals surface area (Å²) >= 11 is 3.17. The topological polar surface area (TPSA) is 20.3 Å². The Morgan fingerprint density at radius 2 is 2.12 bits per heavy atom. The van der Waals surface area contributed by atoms with Crippen molar-refractivity contribution in [3.8, 4) is 0 Å². The maximum atomic E-state index is 13.8. The lowest BCUT2D eigenvalue weighted by atomic mass is 10.0. The number of halogens is 3. The number of hydrogen-bond acceptors (Lipinski definition) is 2. The van der Waals surface area contributed by atoms with E-state index < -0.39 is 11.6 Å². The predicted octanol–water partition coefficient (Wildman–Crippen LogP) is 3.29. The van der Waals surface area contributed by atoms with Crippen LogP contribution in [0, 0.1) is 11.6 Å². The van der Waals surface area contributed by atoms with Crippen LogP contribution in [0.25, 0.3) is 0 Å². The molecular formula is C12H12BrF2NO.